The topological polar surface area (TPSA) is 49.4 Å². The smallest absolute Gasteiger partial charge is 0.238 e. The highest BCUT2D eigenvalue weighted by atomic mass is 35.5. The number of likely N-dealkylation sites (tertiary alicyclic amines) is 1. The zero-order valence-corrected chi connectivity index (χ0v) is 15.8. The van der Waals surface area contributed by atoms with Gasteiger partial charge in [-0.15, -0.1) is 0 Å². The largest absolute Gasteiger partial charge is 0.322 e. The minimum atomic E-state index is -0.159. The van der Waals surface area contributed by atoms with Gasteiger partial charge in [-0.3, -0.25) is 14.5 Å². The summed E-state index contributed by atoms with van der Waals surface area (Å²) in [5, 5.41) is 3.60. The first kappa shape index (κ1) is 18.9. The van der Waals surface area contributed by atoms with Gasteiger partial charge in [0.25, 0.3) is 0 Å². The second-order valence-corrected chi connectivity index (χ2v) is 7.24. The van der Waals surface area contributed by atoms with Crippen molar-refractivity contribution in [3.63, 3.8) is 0 Å². The number of ketones is 1. The number of hydrogen-bond donors (Lipinski definition) is 1. The number of nitrogens with zero attached hydrogens (tertiary/aromatic N) is 1. The molecule has 0 aliphatic carbocycles. The highest BCUT2D eigenvalue weighted by Gasteiger charge is 2.26. The van der Waals surface area contributed by atoms with Crippen LogP contribution in [0.5, 0.6) is 0 Å². The summed E-state index contributed by atoms with van der Waals surface area (Å²) >= 11 is 12.2. The molecule has 1 amide bonds. The number of para-hydroxylation sites is 1. The Balaban J connectivity index is 1.51. The van der Waals surface area contributed by atoms with Crippen LogP contribution < -0.4 is 5.32 Å². The van der Waals surface area contributed by atoms with Crippen molar-refractivity contribution in [3.05, 3.63) is 64.1 Å². The lowest BCUT2D eigenvalue weighted by molar-refractivity contribution is -0.117. The maximum atomic E-state index is 12.5. The van der Waals surface area contributed by atoms with Crippen LogP contribution in [0.4, 0.5) is 5.69 Å². The van der Waals surface area contributed by atoms with Crippen LogP contribution in [0.25, 0.3) is 0 Å². The zero-order chi connectivity index (χ0) is 18.5. The molecule has 136 valence electrons. The van der Waals surface area contributed by atoms with Crippen LogP contribution in [0.3, 0.4) is 0 Å². The molecule has 0 radical (unpaired) electrons. The van der Waals surface area contributed by atoms with Gasteiger partial charge in [-0.05, 0) is 38.1 Å². The summed E-state index contributed by atoms with van der Waals surface area (Å²) < 4.78 is 0. The van der Waals surface area contributed by atoms with Gasteiger partial charge >= 0.3 is 0 Å². The molecular weight excluding hydrogens is 371 g/mol. The monoisotopic (exact) mass is 390 g/mol. The molecule has 3 rings (SSSR count). The Morgan fingerprint density at radius 1 is 0.962 bits per heavy atom. The van der Waals surface area contributed by atoms with Gasteiger partial charge in [0.05, 0.1) is 22.3 Å². The van der Waals surface area contributed by atoms with Crippen LogP contribution in [0, 0.1) is 5.92 Å². The normalized spacial score (nSPS) is 15.6. The van der Waals surface area contributed by atoms with Crippen LogP contribution >= 0.6 is 23.2 Å². The van der Waals surface area contributed by atoms with E-state index in [9.17, 15) is 9.59 Å². The number of anilines is 1. The van der Waals surface area contributed by atoms with Crippen LogP contribution in [0.1, 0.15) is 23.2 Å². The molecule has 0 unspecified atom stereocenters. The number of carbonyl (C=O) groups is 2. The third-order valence-corrected chi connectivity index (χ3v) is 5.24. The molecule has 1 N–H and O–H groups in total. The van der Waals surface area contributed by atoms with E-state index in [2.05, 4.69) is 10.2 Å². The summed E-state index contributed by atoms with van der Waals surface area (Å²) in [6.07, 6.45) is 1.52. The van der Waals surface area contributed by atoms with Gasteiger partial charge in [-0.1, -0.05) is 59.6 Å². The lowest BCUT2D eigenvalue weighted by atomic mass is 9.89. The number of halogens is 2. The number of carbonyl (C=O) groups excluding carboxylic acids is 2. The number of amides is 1. The summed E-state index contributed by atoms with van der Waals surface area (Å²) in [5.74, 6) is 0.0557. The minimum absolute atomic E-state index is 0.0229. The standard InChI is InChI=1S/C20H20Cl2N2O2/c21-16-7-4-8-17(22)19(16)23-18(25)13-24-11-9-15(10-12-24)20(26)14-5-2-1-3-6-14/h1-8,15H,9-13H2,(H,23,25). The number of Topliss-reactive ketones (excluding diaryl/α,β-unsaturated/α-hetero) is 1. The third kappa shape index (κ3) is 4.64. The van der Waals surface area contributed by atoms with Crippen LogP contribution in [0.2, 0.25) is 10.0 Å². The summed E-state index contributed by atoms with van der Waals surface area (Å²) in [7, 11) is 0. The van der Waals surface area contributed by atoms with E-state index in [1.54, 1.807) is 18.2 Å². The molecule has 0 spiro atoms. The summed E-state index contributed by atoms with van der Waals surface area (Å²) in [6.45, 7) is 1.69. The van der Waals surface area contributed by atoms with E-state index in [0.29, 0.717) is 28.8 Å². The average Bonchev–Trinajstić information content (AvgIpc) is 2.66. The van der Waals surface area contributed by atoms with Crippen molar-refractivity contribution >= 4 is 40.6 Å². The molecule has 2 aromatic carbocycles. The predicted octanol–water partition coefficient (Wildman–Crippen LogP) is 4.53. The average molecular weight is 391 g/mol. The molecule has 1 heterocycles. The van der Waals surface area contributed by atoms with E-state index in [1.165, 1.54) is 0 Å². The number of hydrogen-bond acceptors (Lipinski definition) is 3. The highest BCUT2D eigenvalue weighted by molar-refractivity contribution is 6.39. The van der Waals surface area contributed by atoms with Crippen molar-refractivity contribution in [2.45, 2.75) is 12.8 Å². The fourth-order valence-corrected chi connectivity index (χ4v) is 3.68. The van der Waals surface area contributed by atoms with Gasteiger partial charge in [-0.25, -0.2) is 0 Å². The number of nitrogens with one attached hydrogen (secondary N) is 1. The van der Waals surface area contributed by atoms with Gasteiger partial charge in [-0.2, -0.15) is 0 Å². The van der Waals surface area contributed by atoms with E-state index < -0.39 is 0 Å². The zero-order valence-electron chi connectivity index (χ0n) is 14.3. The van der Waals surface area contributed by atoms with E-state index in [1.807, 2.05) is 30.3 Å². The number of piperidine rings is 1. The second kappa shape index (κ2) is 8.67. The van der Waals surface area contributed by atoms with Crippen LogP contribution in [0.15, 0.2) is 48.5 Å². The fraction of sp³-hybridized carbons (Fsp3) is 0.300. The molecule has 26 heavy (non-hydrogen) atoms. The first-order valence-corrected chi connectivity index (χ1v) is 9.35. The third-order valence-electron chi connectivity index (χ3n) is 4.61. The molecule has 1 aliphatic rings. The Morgan fingerprint density at radius 3 is 2.19 bits per heavy atom. The molecule has 2 aromatic rings. The summed E-state index contributed by atoms with van der Waals surface area (Å²) in [5.41, 5.74) is 1.20. The predicted molar refractivity (Wildman–Crippen MR) is 105 cm³/mol. The van der Waals surface area contributed by atoms with Crippen LogP contribution in [-0.2, 0) is 4.79 Å². The van der Waals surface area contributed by atoms with Crippen molar-refractivity contribution in [3.8, 4) is 0 Å². The Morgan fingerprint density at radius 2 is 1.58 bits per heavy atom. The van der Waals surface area contributed by atoms with Crippen molar-refractivity contribution in [1.29, 1.82) is 0 Å². The van der Waals surface area contributed by atoms with Crippen molar-refractivity contribution in [1.82, 2.24) is 4.90 Å². The minimum Gasteiger partial charge on any atom is -0.322 e. The van der Waals surface area contributed by atoms with E-state index in [0.717, 1.165) is 18.4 Å². The highest BCUT2D eigenvalue weighted by Crippen LogP contribution is 2.30. The quantitative estimate of drug-likeness (QED) is 0.763. The maximum absolute atomic E-state index is 12.5. The molecule has 0 bridgehead atoms. The molecule has 6 heteroatoms. The molecule has 1 saturated heterocycles. The van der Waals surface area contributed by atoms with Gasteiger partial charge < -0.3 is 5.32 Å². The SMILES string of the molecule is O=C(CN1CCC(C(=O)c2ccccc2)CC1)Nc1c(Cl)cccc1Cl. The molecule has 0 saturated carbocycles. The van der Waals surface area contributed by atoms with Crippen LogP contribution in [-0.4, -0.2) is 36.2 Å². The van der Waals surface area contributed by atoms with Gasteiger partial charge in [0.1, 0.15) is 0 Å². The Labute approximate surface area is 163 Å². The Hall–Kier alpha value is -1.88. The number of rotatable bonds is 5. The molecule has 1 fully saturated rings. The van der Waals surface area contributed by atoms with Gasteiger partial charge in [0, 0.05) is 11.5 Å². The number of benzene rings is 2. The van der Waals surface area contributed by atoms with Crippen molar-refractivity contribution < 1.29 is 9.59 Å². The maximum Gasteiger partial charge on any atom is 0.238 e. The first-order valence-electron chi connectivity index (χ1n) is 8.60. The Kier molecular flexibility index (Phi) is 6.30. The van der Waals surface area contributed by atoms with E-state index in [4.69, 9.17) is 23.2 Å². The molecule has 0 atom stereocenters. The lowest BCUT2D eigenvalue weighted by Crippen LogP contribution is -2.40. The van der Waals surface area contributed by atoms with Gasteiger partial charge in [0.15, 0.2) is 5.78 Å². The molecule has 1 aliphatic heterocycles. The lowest BCUT2D eigenvalue weighted by Gasteiger charge is -2.30. The fourth-order valence-electron chi connectivity index (χ4n) is 3.19. The first-order chi connectivity index (χ1) is 12.5. The summed E-state index contributed by atoms with van der Waals surface area (Å²) in [6, 6.07) is 14.5. The van der Waals surface area contributed by atoms with Crippen molar-refractivity contribution in [2.75, 3.05) is 25.0 Å². The van der Waals surface area contributed by atoms with Crippen molar-refractivity contribution in [2.24, 2.45) is 5.92 Å². The summed E-state index contributed by atoms with van der Waals surface area (Å²) in [4.78, 5) is 26.9. The molecule has 0 aromatic heterocycles. The molecule has 4 nitrogen and oxygen atoms in total. The van der Waals surface area contributed by atoms with Gasteiger partial charge in [0.2, 0.25) is 5.91 Å². The molecular formula is C20H20Cl2N2O2. The Bertz CT molecular complexity index is 767. The van der Waals surface area contributed by atoms with E-state index >= 15 is 0 Å². The second-order valence-electron chi connectivity index (χ2n) is 6.43. The van der Waals surface area contributed by atoms with E-state index in [-0.39, 0.29) is 24.2 Å².